The molecule has 2 atom stereocenters. The molecule has 2 fully saturated rings. The van der Waals surface area contributed by atoms with E-state index in [9.17, 15) is 14.7 Å². The smallest absolute Gasteiger partial charge is 0.341 e. The molecule has 1 saturated carbocycles. The average Bonchev–Trinajstić information content (AvgIpc) is 3.25. The lowest BCUT2D eigenvalue weighted by Crippen LogP contribution is -2.27. The third kappa shape index (κ3) is 3.22. The van der Waals surface area contributed by atoms with Crippen molar-refractivity contribution < 1.29 is 23.4 Å². The van der Waals surface area contributed by atoms with E-state index in [0.717, 1.165) is 18.9 Å². The molecule has 3 N–H and O–H groups in total. The Balaban J connectivity index is 1.62. The lowest BCUT2D eigenvalue weighted by Gasteiger charge is -2.25. The molecule has 1 aliphatic carbocycles. The Morgan fingerprint density at radius 2 is 2.19 bits per heavy atom. The number of hydrogen-bond acceptors (Lipinski definition) is 7. The molecule has 0 spiro atoms. The number of fused-ring (bicyclic) bond motifs is 1. The van der Waals surface area contributed by atoms with Gasteiger partial charge in [-0.2, -0.15) is 0 Å². The van der Waals surface area contributed by atoms with Gasteiger partial charge in [0, 0.05) is 31.2 Å². The van der Waals surface area contributed by atoms with E-state index in [4.69, 9.17) is 14.9 Å². The Kier molecular flexibility index (Phi) is 4.89. The fourth-order valence-corrected chi connectivity index (χ4v) is 4.61. The van der Waals surface area contributed by atoms with Crippen LogP contribution in [0.4, 0.5) is 10.1 Å². The van der Waals surface area contributed by atoms with Gasteiger partial charge in [-0.05, 0) is 25.3 Å². The van der Waals surface area contributed by atoms with Gasteiger partial charge in [-0.1, -0.05) is 0 Å². The van der Waals surface area contributed by atoms with Crippen LogP contribution in [0.5, 0.6) is 5.75 Å². The maximum absolute atomic E-state index is 15.4. The van der Waals surface area contributed by atoms with Gasteiger partial charge in [0.2, 0.25) is 11.3 Å². The van der Waals surface area contributed by atoms with Gasteiger partial charge >= 0.3 is 5.97 Å². The first-order valence-corrected chi connectivity index (χ1v) is 10.5. The van der Waals surface area contributed by atoms with Crippen molar-refractivity contribution in [3.8, 4) is 5.75 Å². The molecular formula is C22H23FN4O5. The highest BCUT2D eigenvalue weighted by molar-refractivity contribution is 5.97. The van der Waals surface area contributed by atoms with E-state index < -0.39 is 23.3 Å². The SMILES string of the molecule is COc1c(N2CCC(C(N)c3ncco3)C2)c(F)cc2c(=O)c(C(=O)O)cn(C3CC3)c12. The molecule has 168 valence electrons. The van der Waals surface area contributed by atoms with Crippen LogP contribution < -0.4 is 20.8 Å². The number of methoxy groups -OCH3 is 1. The Hall–Kier alpha value is -3.40. The fraction of sp³-hybridized carbons (Fsp3) is 0.409. The van der Waals surface area contributed by atoms with Gasteiger partial charge in [-0.15, -0.1) is 0 Å². The highest BCUT2D eigenvalue weighted by atomic mass is 19.1. The molecule has 2 aliphatic rings. The zero-order valence-electron chi connectivity index (χ0n) is 17.5. The molecule has 3 aromatic rings. The summed E-state index contributed by atoms with van der Waals surface area (Å²) in [5, 5.41) is 9.47. The van der Waals surface area contributed by atoms with Crippen LogP contribution in [0.3, 0.4) is 0 Å². The Labute approximate surface area is 182 Å². The maximum atomic E-state index is 15.4. The largest absolute Gasteiger partial charge is 0.492 e. The quantitative estimate of drug-likeness (QED) is 0.597. The molecule has 2 unspecified atom stereocenters. The average molecular weight is 442 g/mol. The van der Waals surface area contributed by atoms with Gasteiger partial charge in [0.1, 0.15) is 17.5 Å². The minimum Gasteiger partial charge on any atom is -0.492 e. The number of hydrogen-bond donors (Lipinski definition) is 2. The molecule has 5 rings (SSSR count). The number of nitrogens with zero attached hydrogens (tertiary/aromatic N) is 3. The van der Waals surface area contributed by atoms with Crippen LogP contribution in [-0.2, 0) is 0 Å². The number of oxazole rings is 1. The van der Waals surface area contributed by atoms with Crippen molar-refractivity contribution in [3.05, 3.63) is 52.2 Å². The normalized spacial score (nSPS) is 19.5. The van der Waals surface area contributed by atoms with Crippen molar-refractivity contribution >= 4 is 22.6 Å². The number of carboxylic acids is 1. The van der Waals surface area contributed by atoms with E-state index in [1.54, 1.807) is 4.57 Å². The summed E-state index contributed by atoms with van der Waals surface area (Å²) in [6.45, 7) is 1.00. The van der Waals surface area contributed by atoms with Crippen LogP contribution in [0.1, 0.15) is 47.6 Å². The predicted octanol–water partition coefficient (Wildman–Crippen LogP) is 2.70. The topological polar surface area (TPSA) is 124 Å². The summed E-state index contributed by atoms with van der Waals surface area (Å²) in [6, 6.07) is 0.753. The summed E-state index contributed by atoms with van der Waals surface area (Å²) in [6.07, 6.45) is 6.76. The molecule has 9 nitrogen and oxygen atoms in total. The molecule has 1 saturated heterocycles. The molecule has 3 heterocycles. The summed E-state index contributed by atoms with van der Waals surface area (Å²) in [4.78, 5) is 30.4. The van der Waals surface area contributed by atoms with Crippen molar-refractivity contribution in [1.82, 2.24) is 9.55 Å². The minimum atomic E-state index is -1.34. The second-order valence-corrected chi connectivity index (χ2v) is 8.34. The standard InChI is InChI=1S/C22H23FN4O5/c1-31-20-17-13(19(28)14(22(29)30)10-27(17)12-2-3-12)8-15(23)18(20)26-6-4-11(9-26)16(24)21-25-5-7-32-21/h5,7-8,10-12,16H,2-4,6,9,24H2,1H3,(H,29,30). The summed E-state index contributed by atoms with van der Waals surface area (Å²) >= 11 is 0. The second-order valence-electron chi connectivity index (χ2n) is 8.34. The van der Waals surface area contributed by atoms with Crippen LogP contribution in [0.15, 0.2) is 33.9 Å². The van der Waals surface area contributed by atoms with Crippen LogP contribution in [0.2, 0.25) is 0 Å². The summed E-state index contributed by atoms with van der Waals surface area (Å²) in [5.41, 5.74) is 5.88. The first-order chi connectivity index (χ1) is 15.4. The van der Waals surface area contributed by atoms with Gasteiger partial charge < -0.3 is 29.5 Å². The summed E-state index contributed by atoms with van der Waals surface area (Å²) < 4.78 is 28.1. The molecule has 10 heteroatoms. The van der Waals surface area contributed by atoms with E-state index in [-0.39, 0.29) is 34.3 Å². The first kappa shape index (κ1) is 20.5. The number of anilines is 1. The van der Waals surface area contributed by atoms with E-state index in [1.165, 1.54) is 25.8 Å². The van der Waals surface area contributed by atoms with Crippen molar-refractivity contribution in [2.45, 2.75) is 31.3 Å². The van der Waals surface area contributed by atoms with Crippen LogP contribution in [0, 0.1) is 11.7 Å². The third-order valence-electron chi connectivity index (χ3n) is 6.36. The summed E-state index contributed by atoms with van der Waals surface area (Å²) in [7, 11) is 1.43. The van der Waals surface area contributed by atoms with Gasteiger partial charge in [0.25, 0.3) is 0 Å². The molecular weight excluding hydrogens is 419 g/mol. The Morgan fingerprint density at radius 3 is 2.81 bits per heavy atom. The molecule has 2 aromatic heterocycles. The zero-order valence-corrected chi connectivity index (χ0v) is 17.5. The Morgan fingerprint density at radius 1 is 1.41 bits per heavy atom. The van der Waals surface area contributed by atoms with Crippen LogP contribution >= 0.6 is 0 Å². The lowest BCUT2D eigenvalue weighted by atomic mass is 10.00. The van der Waals surface area contributed by atoms with E-state index in [0.29, 0.717) is 30.9 Å². The number of carboxylic acid groups (broad SMARTS) is 1. The highest BCUT2D eigenvalue weighted by Gasteiger charge is 2.35. The number of aromatic nitrogens is 2. The first-order valence-electron chi connectivity index (χ1n) is 10.5. The Bertz CT molecular complexity index is 1250. The fourth-order valence-electron chi connectivity index (χ4n) is 4.61. The van der Waals surface area contributed by atoms with Crippen molar-refractivity contribution in [1.29, 1.82) is 0 Å². The highest BCUT2D eigenvalue weighted by Crippen LogP contribution is 2.45. The third-order valence-corrected chi connectivity index (χ3v) is 6.36. The van der Waals surface area contributed by atoms with Gasteiger partial charge in [0.15, 0.2) is 11.6 Å². The van der Waals surface area contributed by atoms with Crippen LogP contribution in [-0.4, -0.2) is 40.8 Å². The number of ether oxygens (including phenoxy) is 1. The monoisotopic (exact) mass is 442 g/mol. The van der Waals surface area contributed by atoms with Crippen molar-refractivity contribution in [2.24, 2.45) is 11.7 Å². The van der Waals surface area contributed by atoms with E-state index in [2.05, 4.69) is 4.98 Å². The maximum Gasteiger partial charge on any atom is 0.341 e. The minimum absolute atomic E-state index is 0.00198. The number of aromatic carboxylic acids is 1. The van der Waals surface area contributed by atoms with Crippen LogP contribution in [0.25, 0.3) is 10.9 Å². The molecule has 0 radical (unpaired) electrons. The molecule has 1 aromatic carbocycles. The zero-order chi connectivity index (χ0) is 22.6. The predicted molar refractivity (Wildman–Crippen MR) is 114 cm³/mol. The van der Waals surface area contributed by atoms with Crippen molar-refractivity contribution in [2.75, 3.05) is 25.1 Å². The van der Waals surface area contributed by atoms with Crippen molar-refractivity contribution in [3.63, 3.8) is 0 Å². The van der Waals surface area contributed by atoms with Gasteiger partial charge in [0.05, 0.1) is 30.3 Å². The second kappa shape index (κ2) is 7.63. The number of rotatable bonds is 6. The van der Waals surface area contributed by atoms with Gasteiger partial charge in [-0.3, -0.25) is 4.79 Å². The van der Waals surface area contributed by atoms with E-state index >= 15 is 4.39 Å². The lowest BCUT2D eigenvalue weighted by molar-refractivity contribution is 0.0694. The molecule has 1 aliphatic heterocycles. The molecule has 32 heavy (non-hydrogen) atoms. The number of benzene rings is 1. The number of pyridine rings is 1. The molecule has 0 bridgehead atoms. The number of halogens is 1. The number of nitrogens with two attached hydrogens (primary N) is 1. The van der Waals surface area contributed by atoms with E-state index in [1.807, 2.05) is 4.90 Å². The summed E-state index contributed by atoms with van der Waals surface area (Å²) in [5.74, 6) is -1.31. The molecule has 0 amide bonds. The number of carbonyl (C=O) groups is 1. The van der Waals surface area contributed by atoms with Gasteiger partial charge in [-0.25, -0.2) is 14.2 Å².